The van der Waals surface area contributed by atoms with Crippen LogP contribution >= 0.6 is 0 Å². The number of piperidine rings is 1. The van der Waals surface area contributed by atoms with E-state index in [1.807, 2.05) is 41.3 Å². The molecule has 4 heterocycles. The molecule has 1 aliphatic rings. The van der Waals surface area contributed by atoms with Crippen LogP contribution in [0.1, 0.15) is 46.1 Å². The third-order valence-corrected chi connectivity index (χ3v) is 4.75. The minimum Gasteiger partial charge on any atom is -0.344 e. The van der Waals surface area contributed by atoms with Crippen molar-refractivity contribution in [2.45, 2.75) is 25.8 Å². The summed E-state index contributed by atoms with van der Waals surface area (Å²) in [6, 6.07) is 11.0. The number of likely N-dealkylation sites (tertiary alicyclic amines) is 1. The van der Waals surface area contributed by atoms with Gasteiger partial charge in [0.2, 0.25) is 5.82 Å². The molecule has 0 spiro atoms. The number of hydrogen-bond acceptors (Lipinski definition) is 4. The number of carbonyl (C=O) groups excluding carboxylic acids is 2. The Kier molecular flexibility index (Phi) is 4.82. The number of amides is 2. The molecule has 3 aromatic heterocycles. The van der Waals surface area contributed by atoms with Gasteiger partial charge < -0.3 is 10.2 Å². The average molecular weight is 363 g/mol. The highest BCUT2D eigenvalue weighted by atomic mass is 16.2. The zero-order chi connectivity index (χ0) is 18.6. The molecule has 1 aliphatic heterocycles. The van der Waals surface area contributed by atoms with Crippen LogP contribution in [-0.2, 0) is 6.54 Å². The molecule has 1 N–H and O–H groups in total. The van der Waals surface area contributed by atoms with E-state index in [4.69, 9.17) is 0 Å². The molecule has 2 amide bonds. The first-order valence-corrected chi connectivity index (χ1v) is 9.18. The largest absolute Gasteiger partial charge is 0.344 e. The van der Waals surface area contributed by atoms with Crippen molar-refractivity contribution < 1.29 is 9.59 Å². The summed E-state index contributed by atoms with van der Waals surface area (Å²) >= 11 is 0. The lowest BCUT2D eigenvalue weighted by Gasteiger charge is -2.25. The highest BCUT2D eigenvalue weighted by molar-refractivity contribution is 6.02. The summed E-state index contributed by atoms with van der Waals surface area (Å²) in [5.74, 6) is -0.233. The van der Waals surface area contributed by atoms with Gasteiger partial charge in [0.1, 0.15) is 0 Å². The predicted octanol–water partition coefficient (Wildman–Crippen LogP) is 2.29. The normalized spacial score (nSPS) is 14.3. The second kappa shape index (κ2) is 7.57. The summed E-state index contributed by atoms with van der Waals surface area (Å²) in [6.07, 6.45) is 6.60. The number of aromatic nitrogens is 3. The van der Waals surface area contributed by atoms with E-state index in [0.29, 0.717) is 17.8 Å². The molecule has 3 aromatic rings. The Balaban J connectivity index is 1.61. The quantitative estimate of drug-likeness (QED) is 0.771. The van der Waals surface area contributed by atoms with E-state index in [2.05, 4.69) is 15.3 Å². The SMILES string of the molecule is O=C(NCc1ccccn1)c1nc(C(=O)N2CCCCC2)c2ccccn12. The van der Waals surface area contributed by atoms with Gasteiger partial charge in [-0.2, -0.15) is 0 Å². The van der Waals surface area contributed by atoms with Crippen LogP contribution < -0.4 is 5.32 Å². The smallest absolute Gasteiger partial charge is 0.288 e. The fraction of sp³-hybridized carbons (Fsp3) is 0.300. The van der Waals surface area contributed by atoms with E-state index in [1.165, 1.54) is 0 Å². The third-order valence-electron chi connectivity index (χ3n) is 4.75. The van der Waals surface area contributed by atoms with Crippen LogP contribution in [0.2, 0.25) is 0 Å². The number of nitrogens with zero attached hydrogens (tertiary/aromatic N) is 4. The molecule has 0 aliphatic carbocycles. The number of carbonyl (C=O) groups is 2. The van der Waals surface area contributed by atoms with Crippen LogP contribution in [0.15, 0.2) is 48.8 Å². The Hall–Kier alpha value is -3.22. The maximum absolute atomic E-state index is 12.9. The van der Waals surface area contributed by atoms with Gasteiger partial charge in [-0.05, 0) is 43.5 Å². The number of imidazole rings is 1. The van der Waals surface area contributed by atoms with Crippen LogP contribution in [0.5, 0.6) is 0 Å². The highest BCUT2D eigenvalue weighted by Gasteiger charge is 2.25. The molecular formula is C20H21N5O2. The lowest BCUT2D eigenvalue weighted by molar-refractivity contribution is 0.0721. The van der Waals surface area contributed by atoms with Gasteiger partial charge in [0.15, 0.2) is 5.69 Å². The van der Waals surface area contributed by atoms with Crippen molar-refractivity contribution in [1.29, 1.82) is 0 Å². The van der Waals surface area contributed by atoms with Gasteiger partial charge in [0.05, 0.1) is 17.8 Å². The van der Waals surface area contributed by atoms with E-state index in [1.54, 1.807) is 16.8 Å². The van der Waals surface area contributed by atoms with Gasteiger partial charge >= 0.3 is 0 Å². The van der Waals surface area contributed by atoms with Gasteiger partial charge in [0.25, 0.3) is 11.8 Å². The van der Waals surface area contributed by atoms with E-state index in [9.17, 15) is 9.59 Å². The van der Waals surface area contributed by atoms with Crippen molar-refractivity contribution in [3.8, 4) is 0 Å². The van der Waals surface area contributed by atoms with E-state index < -0.39 is 0 Å². The predicted molar refractivity (Wildman–Crippen MR) is 100 cm³/mol. The van der Waals surface area contributed by atoms with Crippen molar-refractivity contribution in [2.24, 2.45) is 0 Å². The van der Waals surface area contributed by atoms with Crippen molar-refractivity contribution >= 4 is 17.3 Å². The molecule has 7 heteroatoms. The molecule has 4 rings (SSSR count). The van der Waals surface area contributed by atoms with Crippen LogP contribution in [0.4, 0.5) is 0 Å². The zero-order valence-electron chi connectivity index (χ0n) is 15.0. The van der Waals surface area contributed by atoms with Gasteiger partial charge in [-0.1, -0.05) is 12.1 Å². The van der Waals surface area contributed by atoms with Crippen molar-refractivity contribution in [3.05, 3.63) is 66.0 Å². The fourth-order valence-corrected chi connectivity index (χ4v) is 3.35. The van der Waals surface area contributed by atoms with Gasteiger partial charge in [-0.3, -0.25) is 19.0 Å². The summed E-state index contributed by atoms with van der Waals surface area (Å²) in [5, 5.41) is 2.83. The fourth-order valence-electron chi connectivity index (χ4n) is 3.35. The number of pyridine rings is 2. The zero-order valence-corrected chi connectivity index (χ0v) is 15.0. The van der Waals surface area contributed by atoms with Gasteiger partial charge in [-0.15, -0.1) is 0 Å². The molecule has 0 radical (unpaired) electrons. The van der Waals surface area contributed by atoms with Crippen molar-refractivity contribution in [1.82, 2.24) is 24.6 Å². The number of rotatable bonds is 4. The molecular weight excluding hydrogens is 342 g/mol. The molecule has 0 bridgehead atoms. The minimum absolute atomic E-state index is 0.109. The van der Waals surface area contributed by atoms with Crippen molar-refractivity contribution in [2.75, 3.05) is 13.1 Å². The number of nitrogens with one attached hydrogen (secondary N) is 1. The molecule has 0 aromatic carbocycles. The summed E-state index contributed by atoms with van der Waals surface area (Å²) in [6.45, 7) is 1.79. The monoisotopic (exact) mass is 363 g/mol. The lowest BCUT2D eigenvalue weighted by atomic mass is 10.1. The van der Waals surface area contributed by atoms with Gasteiger partial charge in [0, 0.05) is 25.5 Å². The van der Waals surface area contributed by atoms with Gasteiger partial charge in [-0.25, -0.2) is 4.98 Å². The molecule has 0 saturated carbocycles. The molecule has 0 unspecified atom stereocenters. The summed E-state index contributed by atoms with van der Waals surface area (Å²) in [4.78, 5) is 36.1. The number of fused-ring (bicyclic) bond motifs is 1. The topological polar surface area (TPSA) is 79.6 Å². The van der Waals surface area contributed by atoms with Crippen LogP contribution in [0.3, 0.4) is 0 Å². The first kappa shape index (κ1) is 17.2. The Morgan fingerprint density at radius 3 is 2.63 bits per heavy atom. The molecule has 1 saturated heterocycles. The van der Waals surface area contributed by atoms with Crippen LogP contribution in [0, 0.1) is 0 Å². The summed E-state index contributed by atoms with van der Waals surface area (Å²) in [7, 11) is 0. The molecule has 27 heavy (non-hydrogen) atoms. The van der Waals surface area contributed by atoms with Crippen LogP contribution in [-0.4, -0.2) is 44.2 Å². The Bertz CT molecular complexity index is 961. The Morgan fingerprint density at radius 1 is 1.04 bits per heavy atom. The summed E-state index contributed by atoms with van der Waals surface area (Å²) in [5.41, 5.74) is 1.74. The maximum Gasteiger partial charge on any atom is 0.288 e. The second-order valence-electron chi connectivity index (χ2n) is 6.60. The average Bonchev–Trinajstić information content (AvgIpc) is 3.13. The van der Waals surface area contributed by atoms with E-state index in [-0.39, 0.29) is 17.6 Å². The first-order chi connectivity index (χ1) is 13.2. The third kappa shape index (κ3) is 3.53. The molecule has 1 fully saturated rings. The lowest BCUT2D eigenvalue weighted by Crippen LogP contribution is -2.36. The molecule has 0 atom stereocenters. The molecule has 7 nitrogen and oxygen atoms in total. The van der Waals surface area contributed by atoms with E-state index in [0.717, 1.165) is 38.0 Å². The Labute approximate surface area is 157 Å². The highest BCUT2D eigenvalue weighted by Crippen LogP contribution is 2.18. The number of hydrogen-bond donors (Lipinski definition) is 1. The van der Waals surface area contributed by atoms with Crippen LogP contribution in [0.25, 0.3) is 5.52 Å². The summed E-state index contributed by atoms with van der Waals surface area (Å²) < 4.78 is 1.67. The van der Waals surface area contributed by atoms with Crippen molar-refractivity contribution in [3.63, 3.8) is 0 Å². The second-order valence-corrected chi connectivity index (χ2v) is 6.60. The standard InChI is InChI=1S/C20H21N5O2/c26-19(22-14-15-8-2-4-10-21-15)18-23-17(16-9-3-7-13-25(16)18)20(27)24-11-5-1-6-12-24/h2-4,7-10,13H,1,5-6,11-12,14H2,(H,22,26). The molecule has 138 valence electrons. The van der Waals surface area contributed by atoms with E-state index >= 15 is 0 Å². The Morgan fingerprint density at radius 2 is 1.85 bits per heavy atom. The minimum atomic E-state index is -0.334. The first-order valence-electron chi connectivity index (χ1n) is 9.18. The maximum atomic E-state index is 12.9.